The minimum Gasteiger partial charge on any atom is -0.495 e. The molecule has 4 heteroatoms. The van der Waals surface area contributed by atoms with E-state index in [2.05, 4.69) is 42.7 Å². The Kier molecular flexibility index (Phi) is 5.39. The smallest absolute Gasteiger partial charge is 0.171 e. The van der Waals surface area contributed by atoms with Gasteiger partial charge in [0.05, 0.1) is 12.8 Å². The van der Waals surface area contributed by atoms with Gasteiger partial charge in [0.2, 0.25) is 0 Å². The Morgan fingerprint density at radius 1 is 1.00 bits per heavy atom. The molecule has 2 aromatic rings. The summed E-state index contributed by atoms with van der Waals surface area (Å²) in [5, 5.41) is 7.02. The first-order valence-electron chi connectivity index (χ1n) is 7.24. The molecule has 2 aromatic carbocycles. The van der Waals surface area contributed by atoms with Gasteiger partial charge in [-0.05, 0) is 56.2 Å². The maximum Gasteiger partial charge on any atom is 0.171 e. The number of anilines is 1. The van der Waals surface area contributed by atoms with Gasteiger partial charge in [0, 0.05) is 6.54 Å². The molecule has 0 heterocycles. The minimum atomic E-state index is 0.586. The van der Waals surface area contributed by atoms with Crippen molar-refractivity contribution in [2.75, 3.05) is 12.4 Å². The highest BCUT2D eigenvalue weighted by Crippen LogP contribution is 2.25. The predicted octanol–water partition coefficient (Wildman–Crippen LogP) is 4.11. The van der Waals surface area contributed by atoms with E-state index in [0.29, 0.717) is 11.7 Å². The van der Waals surface area contributed by atoms with Crippen LogP contribution >= 0.6 is 12.2 Å². The van der Waals surface area contributed by atoms with Crippen LogP contribution in [0.5, 0.6) is 5.75 Å². The Labute approximate surface area is 137 Å². The standard InChI is InChI=1S/C18H22N2OS/c1-12-5-6-17(21-4)16(10-12)20-18(22)19-11-15-8-13(2)7-14(3)9-15/h5-10H,11H2,1-4H3,(H2,19,20,22). The molecule has 0 radical (unpaired) electrons. The Morgan fingerprint density at radius 3 is 2.32 bits per heavy atom. The molecule has 0 amide bonds. The fourth-order valence-corrected chi connectivity index (χ4v) is 2.62. The first kappa shape index (κ1) is 16.3. The Balaban J connectivity index is 2.00. The lowest BCUT2D eigenvalue weighted by Crippen LogP contribution is -2.28. The second kappa shape index (κ2) is 7.27. The fourth-order valence-electron chi connectivity index (χ4n) is 2.44. The van der Waals surface area contributed by atoms with Gasteiger partial charge in [-0.15, -0.1) is 0 Å². The van der Waals surface area contributed by atoms with Gasteiger partial charge in [-0.2, -0.15) is 0 Å². The average molecular weight is 314 g/mol. The zero-order valence-corrected chi connectivity index (χ0v) is 14.3. The molecule has 0 saturated carbocycles. The van der Waals surface area contributed by atoms with Gasteiger partial charge in [0.25, 0.3) is 0 Å². The van der Waals surface area contributed by atoms with E-state index in [4.69, 9.17) is 17.0 Å². The van der Waals surface area contributed by atoms with Crippen molar-refractivity contribution in [3.05, 3.63) is 58.7 Å². The maximum absolute atomic E-state index is 5.37. The number of hydrogen-bond donors (Lipinski definition) is 2. The van der Waals surface area contributed by atoms with Crippen molar-refractivity contribution in [1.82, 2.24) is 5.32 Å². The molecule has 0 unspecified atom stereocenters. The summed E-state index contributed by atoms with van der Waals surface area (Å²) < 4.78 is 5.35. The van der Waals surface area contributed by atoms with E-state index in [1.54, 1.807) is 7.11 Å². The third kappa shape index (κ3) is 4.46. The number of benzene rings is 2. The predicted molar refractivity (Wildman–Crippen MR) is 96.7 cm³/mol. The molecule has 0 spiro atoms. The van der Waals surface area contributed by atoms with Crippen LogP contribution in [0, 0.1) is 20.8 Å². The summed E-state index contributed by atoms with van der Waals surface area (Å²) in [4.78, 5) is 0. The van der Waals surface area contributed by atoms with E-state index in [1.165, 1.54) is 16.7 Å². The van der Waals surface area contributed by atoms with Crippen LogP contribution in [0.1, 0.15) is 22.3 Å². The second-order valence-electron chi connectivity index (χ2n) is 5.51. The van der Waals surface area contributed by atoms with E-state index in [0.717, 1.165) is 17.0 Å². The highest BCUT2D eigenvalue weighted by Gasteiger charge is 2.05. The summed E-state index contributed by atoms with van der Waals surface area (Å²) in [6.07, 6.45) is 0. The van der Waals surface area contributed by atoms with Crippen molar-refractivity contribution in [3.8, 4) is 5.75 Å². The lowest BCUT2D eigenvalue weighted by Gasteiger charge is -2.14. The number of rotatable bonds is 4. The van der Waals surface area contributed by atoms with Gasteiger partial charge in [0.15, 0.2) is 5.11 Å². The molecule has 0 aliphatic carbocycles. The lowest BCUT2D eigenvalue weighted by molar-refractivity contribution is 0.417. The van der Waals surface area contributed by atoms with Crippen molar-refractivity contribution >= 4 is 23.0 Å². The lowest BCUT2D eigenvalue weighted by atomic mass is 10.1. The normalized spacial score (nSPS) is 10.2. The van der Waals surface area contributed by atoms with Crippen LogP contribution in [-0.2, 0) is 6.54 Å². The van der Waals surface area contributed by atoms with Gasteiger partial charge in [-0.25, -0.2) is 0 Å². The van der Waals surface area contributed by atoms with Crippen LogP contribution in [0.3, 0.4) is 0 Å². The number of aryl methyl sites for hydroxylation is 3. The van der Waals surface area contributed by atoms with Crippen molar-refractivity contribution in [3.63, 3.8) is 0 Å². The van der Waals surface area contributed by atoms with Gasteiger partial charge < -0.3 is 15.4 Å². The Bertz CT molecular complexity index is 663. The molecule has 0 saturated heterocycles. The monoisotopic (exact) mass is 314 g/mol. The zero-order valence-electron chi connectivity index (χ0n) is 13.5. The molecule has 22 heavy (non-hydrogen) atoms. The van der Waals surface area contributed by atoms with Gasteiger partial charge in [0.1, 0.15) is 5.75 Å². The summed E-state index contributed by atoms with van der Waals surface area (Å²) >= 11 is 5.37. The maximum atomic E-state index is 5.37. The summed E-state index contributed by atoms with van der Waals surface area (Å²) in [7, 11) is 1.65. The number of methoxy groups -OCH3 is 1. The van der Waals surface area contributed by atoms with Crippen molar-refractivity contribution in [2.45, 2.75) is 27.3 Å². The van der Waals surface area contributed by atoms with Gasteiger partial charge in [-0.3, -0.25) is 0 Å². The molecule has 0 aromatic heterocycles. The minimum absolute atomic E-state index is 0.586. The molecule has 0 bridgehead atoms. The van der Waals surface area contributed by atoms with E-state index in [-0.39, 0.29) is 0 Å². The van der Waals surface area contributed by atoms with Crippen LogP contribution < -0.4 is 15.4 Å². The topological polar surface area (TPSA) is 33.3 Å². The largest absolute Gasteiger partial charge is 0.495 e. The van der Waals surface area contributed by atoms with Crippen LogP contribution in [-0.4, -0.2) is 12.2 Å². The zero-order chi connectivity index (χ0) is 16.1. The Hall–Kier alpha value is -2.07. The van der Waals surface area contributed by atoms with Crippen LogP contribution in [0.25, 0.3) is 0 Å². The first-order chi connectivity index (χ1) is 10.5. The molecule has 0 aliphatic heterocycles. The van der Waals surface area contributed by atoms with Crippen LogP contribution in [0.15, 0.2) is 36.4 Å². The fraction of sp³-hybridized carbons (Fsp3) is 0.278. The number of hydrogen-bond acceptors (Lipinski definition) is 2. The van der Waals surface area contributed by atoms with Gasteiger partial charge >= 0.3 is 0 Å². The molecule has 3 nitrogen and oxygen atoms in total. The van der Waals surface area contributed by atoms with E-state index < -0.39 is 0 Å². The summed E-state index contributed by atoms with van der Waals surface area (Å²) in [5.41, 5.74) is 5.77. The summed E-state index contributed by atoms with van der Waals surface area (Å²) in [5.74, 6) is 0.779. The molecular weight excluding hydrogens is 292 g/mol. The molecule has 116 valence electrons. The number of ether oxygens (including phenoxy) is 1. The van der Waals surface area contributed by atoms with Crippen molar-refractivity contribution in [2.24, 2.45) is 0 Å². The second-order valence-corrected chi connectivity index (χ2v) is 5.92. The Morgan fingerprint density at radius 2 is 1.68 bits per heavy atom. The average Bonchev–Trinajstić information content (AvgIpc) is 2.44. The first-order valence-corrected chi connectivity index (χ1v) is 7.65. The number of thiocarbonyl (C=S) groups is 1. The molecular formula is C18H22N2OS. The molecule has 0 atom stereocenters. The summed E-state index contributed by atoms with van der Waals surface area (Å²) in [6.45, 7) is 6.94. The highest BCUT2D eigenvalue weighted by atomic mass is 32.1. The third-order valence-corrected chi connectivity index (χ3v) is 3.58. The molecule has 2 N–H and O–H groups in total. The van der Waals surface area contributed by atoms with Crippen molar-refractivity contribution in [1.29, 1.82) is 0 Å². The van der Waals surface area contributed by atoms with E-state index in [9.17, 15) is 0 Å². The molecule has 2 rings (SSSR count). The molecule has 0 aliphatic rings. The van der Waals surface area contributed by atoms with Gasteiger partial charge in [-0.1, -0.05) is 35.4 Å². The molecule has 0 fully saturated rings. The third-order valence-electron chi connectivity index (χ3n) is 3.34. The van der Waals surface area contributed by atoms with Crippen LogP contribution in [0.4, 0.5) is 5.69 Å². The number of nitrogens with one attached hydrogen (secondary N) is 2. The summed E-state index contributed by atoms with van der Waals surface area (Å²) in [6, 6.07) is 12.5. The van der Waals surface area contributed by atoms with Crippen LogP contribution in [0.2, 0.25) is 0 Å². The highest BCUT2D eigenvalue weighted by molar-refractivity contribution is 7.80. The van der Waals surface area contributed by atoms with E-state index >= 15 is 0 Å². The SMILES string of the molecule is COc1ccc(C)cc1NC(=S)NCc1cc(C)cc(C)c1. The quantitative estimate of drug-likeness (QED) is 0.832. The van der Waals surface area contributed by atoms with E-state index in [1.807, 2.05) is 25.1 Å². The van der Waals surface area contributed by atoms with Crippen molar-refractivity contribution < 1.29 is 4.74 Å².